The molecule has 1 amide bonds. The van der Waals surface area contributed by atoms with E-state index in [1.807, 2.05) is 81.4 Å². The normalized spacial score (nSPS) is 15.0. The van der Waals surface area contributed by atoms with Crippen LogP contribution < -0.4 is 9.47 Å². The minimum Gasteiger partial charge on any atom is -0.489 e. The molecule has 1 N–H and O–H groups in total. The van der Waals surface area contributed by atoms with Crippen LogP contribution in [0.1, 0.15) is 64.6 Å². The average Bonchev–Trinajstić information content (AvgIpc) is 2.94. The second-order valence-corrected chi connectivity index (χ2v) is 11.4. The van der Waals surface area contributed by atoms with Crippen LogP contribution in [-0.4, -0.2) is 57.2 Å². The highest BCUT2D eigenvalue weighted by molar-refractivity contribution is 5.68. The number of nitrogens with zero attached hydrogens (tertiary/aromatic N) is 3. The van der Waals surface area contributed by atoms with Crippen LogP contribution in [0, 0.1) is 0 Å². The Morgan fingerprint density at radius 1 is 1.00 bits per heavy atom. The molecule has 0 spiro atoms. The molecule has 0 unspecified atom stereocenters. The summed E-state index contributed by atoms with van der Waals surface area (Å²) in [6.45, 7) is 9.07. The van der Waals surface area contributed by atoms with E-state index in [-0.39, 0.29) is 12.7 Å². The Bertz CT molecular complexity index is 1230. The highest BCUT2D eigenvalue weighted by atomic mass is 16.6. The van der Waals surface area contributed by atoms with Gasteiger partial charge in [0.05, 0.1) is 5.69 Å². The third-order valence-electron chi connectivity index (χ3n) is 6.86. The van der Waals surface area contributed by atoms with Gasteiger partial charge in [0.1, 0.15) is 30.2 Å². The zero-order valence-electron chi connectivity index (χ0n) is 24.1. The van der Waals surface area contributed by atoms with Crippen LogP contribution in [0.25, 0.3) is 11.1 Å². The SMILES string of the molecule is CCCCc1nnc(OCC2(O)CCN(C(=O)OC(C)(C)C)CC2)cc1-c1ccc(OCc2ccccc2)cc1. The third-order valence-corrected chi connectivity index (χ3v) is 6.86. The molecule has 4 rings (SSSR count). The smallest absolute Gasteiger partial charge is 0.410 e. The van der Waals surface area contributed by atoms with E-state index in [0.29, 0.717) is 38.4 Å². The summed E-state index contributed by atoms with van der Waals surface area (Å²) in [6, 6.07) is 19.9. The van der Waals surface area contributed by atoms with Crippen LogP contribution in [0.15, 0.2) is 60.7 Å². The van der Waals surface area contributed by atoms with Gasteiger partial charge in [-0.1, -0.05) is 55.8 Å². The van der Waals surface area contributed by atoms with Crippen molar-refractivity contribution in [3.63, 3.8) is 0 Å². The Hall–Kier alpha value is -3.65. The highest BCUT2D eigenvalue weighted by Crippen LogP contribution is 2.30. The first-order valence-corrected chi connectivity index (χ1v) is 14.1. The molecule has 1 aliphatic rings. The maximum absolute atomic E-state index is 12.4. The Morgan fingerprint density at radius 3 is 2.35 bits per heavy atom. The molecule has 8 nitrogen and oxygen atoms in total. The van der Waals surface area contributed by atoms with Crippen molar-refractivity contribution < 1.29 is 24.1 Å². The average molecular weight is 548 g/mol. The number of carbonyl (C=O) groups is 1. The van der Waals surface area contributed by atoms with Crippen LogP contribution in [0.3, 0.4) is 0 Å². The van der Waals surface area contributed by atoms with Crippen molar-refractivity contribution in [3.8, 4) is 22.8 Å². The van der Waals surface area contributed by atoms with Crippen molar-refractivity contribution in [1.82, 2.24) is 15.1 Å². The van der Waals surface area contributed by atoms with E-state index < -0.39 is 11.2 Å². The van der Waals surface area contributed by atoms with Gasteiger partial charge >= 0.3 is 6.09 Å². The van der Waals surface area contributed by atoms with Crippen molar-refractivity contribution in [2.45, 2.75) is 77.6 Å². The number of piperidine rings is 1. The molecule has 0 bridgehead atoms. The number of amides is 1. The quantitative estimate of drug-likeness (QED) is 0.323. The van der Waals surface area contributed by atoms with Gasteiger partial charge in [-0.05, 0) is 69.7 Å². The lowest BCUT2D eigenvalue weighted by Crippen LogP contribution is -2.50. The lowest BCUT2D eigenvalue weighted by Gasteiger charge is -2.38. The first-order chi connectivity index (χ1) is 19.1. The predicted molar refractivity (Wildman–Crippen MR) is 154 cm³/mol. The van der Waals surface area contributed by atoms with Crippen molar-refractivity contribution in [3.05, 3.63) is 71.9 Å². The van der Waals surface area contributed by atoms with Crippen molar-refractivity contribution in [2.24, 2.45) is 0 Å². The molecule has 2 aromatic carbocycles. The number of rotatable bonds is 10. The molecule has 8 heteroatoms. The number of likely N-dealkylation sites (tertiary alicyclic amines) is 1. The number of aliphatic hydroxyl groups is 1. The summed E-state index contributed by atoms with van der Waals surface area (Å²) in [4.78, 5) is 14.0. The van der Waals surface area contributed by atoms with Crippen molar-refractivity contribution in [2.75, 3.05) is 19.7 Å². The Balaban J connectivity index is 1.40. The van der Waals surface area contributed by atoms with E-state index in [9.17, 15) is 9.90 Å². The molecule has 40 heavy (non-hydrogen) atoms. The predicted octanol–water partition coefficient (Wildman–Crippen LogP) is 6.21. The molecular formula is C32H41N3O5. The zero-order valence-corrected chi connectivity index (χ0v) is 24.1. The summed E-state index contributed by atoms with van der Waals surface area (Å²) in [7, 11) is 0. The molecule has 214 valence electrons. The van der Waals surface area contributed by atoms with Crippen LogP contribution in [0.4, 0.5) is 4.79 Å². The molecule has 0 saturated carbocycles. The zero-order chi connectivity index (χ0) is 28.6. The largest absolute Gasteiger partial charge is 0.489 e. The fraction of sp³-hybridized carbons (Fsp3) is 0.469. The van der Waals surface area contributed by atoms with Gasteiger partial charge in [-0.25, -0.2) is 4.79 Å². The first kappa shape index (κ1) is 29.3. The maximum Gasteiger partial charge on any atom is 0.410 e. The summed E-state index contributed by atoms with van der Waals surface area (Å²) in [5, 5.41) is 19.9. The van der Waals surface area contributed by atoms with Gasteiger partial charge < -0.3 is 24.2 Å². The molecule has 1 saturated heterocycles. The number of unbranched alkanes of at least 4 members (excludes halogenated alkanes) is 1. The van der Waals surface area contributed by atoms with Crippen LogP contribution >= 0.6 is 0 Å². The summed E-state index contributed by atoms with van der Waals surface area (Å²) in [5.41, 5.74) is 2.38. The summed E-state index contributed by atoms with van der Waals surface area (Å²) < 4.78 is 17.4. The van der Waals surface area contributed by atoms with Crippen LogP contribution in [0.2, 0.25) is 0 Å². The van der Waals surface area contributed by atoms with Gasteiger partial charge in [-0.2, -0.15) is 5.10 Å². The van der Waals surface area contributed by atoms with Crippen LogP contribution in [0.5, 0.6) is 11.6 Å². The standard InChI is InChI=1S/C32H41N3O5/c1-5-6-12-28-27(25-13-15-26(16-14-25)38-22-24-10-8-7-9-11-24)21-29(34-33-28)39-23-32(37)17-19-35(20-18-32)30(36)40-31(2,3)4/h7-11,13-16,21,37H,5-6,12,17-20,22-23H2,1-4H3. The Morgan fingerprint density at radius 2 is 1.70 bits per heavy atom. The van der Waals surface area contributed by atoms with Crippen LogP contribution in [-0.2, 0) is 17.8 Å². The number of hydrogen-bond donors (Lipinski definition) is 1. The topological polar surface area (TPSA) is 94.0 Å². The number of benzene rings is 2. The monoisotopic (exact) mass is 547 g/mol. The maximum atomic E-state index is 12.4. The van der Waals surface area contributed by atoms with E-state index in [0.717, 1.165) is 47.4 Å². The number of aromatic nitrogens is 2. The highest BCUT2D eigenvalue weighted by Gasteiger charge is 2.36. The van der Waals surface area contributed by atoms with E-state index >= 15 is 0 Å². The molecule has 2 heterocycles. The van der Waals surface area contributed by atoms with E-state index in [1.54, 1.807) is 4.90 Å². The third kappa shape index (κ3) is 8.42. The number of ether oxygens (including phenoxy) is 3. The number of carbonyl (C=O) groups excluding carboxylic acids is 1. The van der Waals surface area contributed by atoms with Gasteiger partial charge in [-0.3, -0.25) is 0 Å². The second kappa shape index (κ2) is 13.1. The van der Waals surface area contributed by atoms with E-state index in [4.69, 9.17) is 14.2 Å². The molecule has 1 aliphatic heterocycles. The number of hydrogen-bond acceptors (Lipinski definition) is 7. The minimum absolute atomic E-state index is 0.0733. The Kier molecular flexibility index (Phi) is 9.63. The fourth-order valence-electron chi connectivity index (χ4n) is 4.50. The summed E-state index contributed by atoms with van der Waals surface area (Å²) in [6.07, 6.45) is 3.31. The summed E-state index contributed by atoms with van der Waals surface area (Å²) >= 11 is 0. The van der Waals surface area contributed by atoms with E-state index in [1.165, 1.54) is 0 Å². The molecule has 0 radical (unpaired) electrons. The van der Waals surface area contributed by atoms with Gasteiger partial charge in [0.25, 0.3) is 0 Å². The van der Waals surface area contributed by atoms with Crippen molar-refractivity contribution >= 4 is 6.09 Å². The van der Waals surface area contributed by atoms with Gasteiger partial charge in [-0.15, -0.1) is 5.10 Å². The second-order valence-electron chi connectivity index (χ2n) is 11.4. The molecule has 3 aromatic rings. The molecule has 0 aliphatic carbocycles. The lowest BCUT2D eigenvalue weighted by atomic mass is 9.92. The summed E-state index contributed by atoms with van der Waals surface area (Å²) in [5.74, 6) is 1.16. The van der Waals surface area contributed by atoms with E-state index in [2.05, 4.69) is 17.1 Å². The molecular weight excluding hydrogens is 506 g/mol. The lowest BCUT2D eigenvalue weighted by molar-refractivity contribution is -0.0570. The minimum atomic E-state index is -1.06. The molecule has 1 fully saturated rings. The van der Waals surface area contributed by atoms with Gasteiger partial charge in [0, 0.05) is 24.7 Å². The first-order valence-electron chi connectivity index (χ1n) is 14.1. The van der Waals surface area contributed by atoms with Crippen molar-refractivity contribution in [1.29, 1.82) is 0 Å². The molecule has 1 aromatic heterocycles. The molecule has 0 atom stereocenters. The Labute approximate surface area is 237 Å². The number of aryl methyl sites for hydroxylation is 1. The van der Waals surface area contributed by atoms with Gasteiger partial charge in [0.2, 0.25) is 5.88 Å². The van der Waals surface area contributed by atoms with Gasteiger partial charge in [0.15, 0.2) is 0 Å². The fourth-order valence-corrected chi connectivity index (χ4v) is 4.50.